The van der Waals surface area contributed by atoms with Crippen molar-refractivity contribution in [2.45, 2.75) is 63.6 Å². The topological polar surface area (TPSA) is 73.6 Å². The molecule has 4 fully saturated rings. The van der Waals surface area contributed by atoms with Gasteiger partial charge < -0.3 is 20.4 Å². The minimum absolute atomic E-state index is 0. The van der Waals surface area contributed by atoms with Crippen molar-refractivity contribution in [2.75, 3.05) is 6.54 Å². The lowest BCUT2D eigenvalue weighted by Crippen LogP contribution is -2.65. The quantitative estimate of drug-likeness (QED) is 0.582. The normalized spacial score (nSPS) is 30.4. The van der Waals surface area contributed by atoms with Crippen molar-refractivity contribution >= 4 is 25.4 Å². The Kier molecular flexibility index (Phi) is 7.17. The van der Waals surface area contributed by atoms with Gasteiger partial charge in [-0.1, -0.05) is 74.5 Å². The molecule has 1 amide bonds. The Labute approximate surface area is 209 Å². The van der Waals surface area contributed by atoms with Crippen molar-refractivity contribution in [2.24, 2.45) is 23.0 Å². The zero-order valence-electron chi connectivity index (χ0n) is 20.3. The van der Waals surface area contributed by atoms with Gasteiger partial charge >= 0.3 is 7.12 Å². The lowest BCUT2D eigenvalue weighted by Gasteiger charge is -2.64. The third-order valence-corrected chi connectivity index (χ3v) is 8.66. The van der Waals surface area contributed by atoms with Gasteiger partial charge in [0, 0.05) is 12.4 Å². The maximum absolute atomic E-state index is 12.8. The fourth-order valence-corrected chi connectivity index (χ4v) is 6.44. The Morgan fingerprint density at radius 3 is 2.38 bits per heavy atom. The van der Waals surface area contributed by atoms with Crippen molar-refractivity contribution < 1.29 is 14.1 Å². The Hall–Kier alpha value is -1.86. The van der Waals surface area contributed by atoms with Crippen LogP contribution in [0.3, 0.4) is 0 Å². The van der Waals surface area contributed by atoms with Gasteiger partial charge in [0.15, 0.2) is 0 Å². The molecule has 2 aromatic rings. The molecule has 1 aliphatic heterocycles. The summed E-state index contributed by atoms with van der Waals surface area (Å²) >= 11 is 0. The first-order chi connectivity index (χ1) is 15.8. The Morgan fingerprint density at radius 2 is 1.74 bits per heavy atom. The smallest absolute Gasteiger partial charge is 0.405 e. The van der Waals surface area contributed by atoms with Crippen molar-refractivity contribution in [1.29, 1.82) is 0 Å². The summed E-state index contributed by atoms with van der Waals surface area (Å²) in [5.74, 6) is 0.962. The van der Waals surface area contributed by atoms with Crippen LogP contribution >= 0.6 is 12.4 Å². The fourth-order valence-electron chi connectivity index (χ4n) is 6.44. The molecular formula is C27H36BClN2O3. The SMILES string of the molecule is CC1(C)[C@H]2C[C@@H]3OB([C@@H](CNC(=O)[C@@H](N)Cc4ccccc4)c4ccccc4)O[C@]3(C)[C@@H]1C2.Cl. The zero-order valence-corrected chi connectivity index (χ0v) is 21.1. The van der Waals surface area contributed by atoms with E-state index in [2.05, 4.69) is 38.2 Å². The average molecular weight is 483 g/mol. The van der Waals surface area contributed by atoms with Crippen molar-refractivity contribution in [3.8, 4) is 0 Å². The van der Waals surface area contributed by atoms with E-state index < -0.39 is 6.04 Å². The zero-order chi connectivity index (χ0) is 23.2. The number of hydrogen-bond donors (Lipinski definition) is 2. The minimum atomic E-state index is -0.595. The Morgan fingerprint density at radius 1 is 1.09 bits per heavy atom. The second kappa shape index (κ2) is 9.65. The molecule has 7 heteroatoms. The van der Waals surface area contributed by atoms with E-state index in [-0.39, 0.29) is 43.0 Å². The maximum atomic E-state index is 12.8. The number of benzene rings is 2. The number of carbonyl (C=O) groups is 1. The van der Waals surface area contributed by atoms with Gasteiger partial charge in [0.2, 0.25) is 5.91 Å². The second-order valence-electron chi connectivity index (χ2n) is 10.9. The van der Waals surface area contributed by atoms with Gasteiger partial charge in [0.05, 0.1) is 17.7 Å². The standard InChI is InChI=1S/C27H35BN2O3.ClH/c1-26(2)20-15-23(26)27(3)24(16-20)32-28(33-27)21(19-12-8-5-9-13-19)17-30-25(31)22(29)14-18-10-6-4-7-11-18;/h4-13,20-24H,14-17,29H2,1-3H3,(H,30,31);1H/t20-,21+,22+,23-,24+,27-;/m1./s1. The third kappa shape index (κ3) is 4.42. The summed E-state index contributed by atoms with van der Waals surface area (Å²) in [6, 6.07) is 19.5. The van der Waals surface area contributed by atoms with Crippen molar-refractivity contribution in [3.05, 3.63) is 71.8 Å². The highest BCUT2D eigenvalue weighted by atomic mass is 35.5. The molecular weight excluding hydrogens is 447 g/mol. The molecule has 6 rings (SSSR count). The first-order valence-corrected chi connectivity index (χ1v) is 12.2. The molecule has 1 saturated heterocycles. The maximum Gasteiger partial charge on any atom is 0.467 e. The fraction of sp³-hybridized carbons (Fsp3) is 0.519. The van der Waals surface area contributed by atoms with Crippen LogP contribution in [0.15, 0.2) is 60.7 Å². The van der Waals surface area contributed by atoms with Gasteiger partial charge in [-0.05, 0) is 54.6 Å². The van der Waals surface area contributed by atoms with Crippen molar-refractivity contribution in [1.82, 2.24) is 5.32 Å². The molecule has 3 saturated carbocycles. The van der Waals surface area contributed by atoms with Crippen LogP contribution in [0.25, 0.3) is 0 Å². The molecule has 0 aromatic heterocycles. The van der Waals surface area contributed by atoms with Gasteiger partial charge in [0.1, 0.15) is 0 Å². The molecule has 6 atom stereocenters. The van der Waals surface area contributed by atoms with Crippen LogP contribution in [-0.4, -0.2) is 37.3 Å². The Bertz CT molecular complexity index is 992. The number of rotatable bonds is 7. The van der Waals surface area contributed by atoms with E-state index in [0.717, 1.165) is 17.5 Å². The molecule has 0 unspecified atom stereocenters. The lowest BCUT2D eigenvalue weighted by molar-refractivity contribution is -0.199. The molecule has 4 aliphatic rings. The summed E-state index contributed by atoms with van der Waals surface area (Å²) < 4.78 is 13.3. The first-order valence-electron chi connectivity index (χ1n) is 12.2. The lowest BCUT2D eigenvalue weighted by atomic mass is 9.43. The van der Waals surface area contributed by atoms with E-state index in [0.29, 0.717) is 30.2 Å². The van der Waals surface area contributed by atoms with Crippen LogP contribution < -0.4 is 11.1 Å². The molecule has 3 aliphatic carbocycles. The van der Waals surface area contributed by atoms with E-state index >= 15 is 0 Å². The number of nitrogens with two attached hydrogens (primary N) is 1. The molecule has 3 N–H and O–H groups in total. The number of carbonyl (C=O) groups excluding carboxylic acids is 1. The van der Waals surface area contributed by atoms with Crippen LogP contribution in [0.1, 0.15) is 50.6 Å². The van der Waals surface area contributed by atoms with Gasteiger partial charge in [-0.3, -0.25) is 4.79 Å². The molecule has 2 bridgehead atoms. The summed E-state index contributed by atoms with van der Waals surface area (Å²) in [6.07, 6.45) is 2.89. The van der Waals surface area contributed by atoms with E-state index in [4.69, 9.17) is 15.0 Å². The minimum Gasteiger partial charge on any atom is -0.405 e. The molecule has 1 heterocycles. The summed E-state index contributed by atoms with van der Waals surface area (Å²) in [5.41, 5.74) is 8.41. The highest BCUT2D eigenvalue weighted by Crippen LogP contribution is 2.66. The summed E-state index contributed by atoms with van der Waals surface area (Å²) in [5, 5.41) is 3.09. The van der Waals surface area contributed by atoms with Gasteiger partial charge in [-0.15, -0.1) is 12.4 Å². The largest absolute Gasteiger partial charge is 0.467 e. The van der Waals surface area contributed by atoms with Gasteiger partial charge in [-0.25, -0.2) is 0 Å². The summed E-state index contributed by atoms with van der Waals surface area (Å²) in [4.78, 5) is 12.8. The van der Waals surface area contributed by atoms with Gasteiger partial charge in [-0.2, -0.15) is 0 Å². The number of nitrogens with one attached hydrogen (secondary N) is 1. The van der Waals surface area contributed by atoms with E-state index in [1.807, 2.05) is 48.5 Å². The molecule has 0 radical (unpaired) electrons. The van der Waals surface area contributed by atoms with Crippen LogP contribution in [0.5, 0.6) is 0 Å². The first kappa shape index (κ1) is 25.2. The summed E-state index contributed by atoms with van der Waals surface area (Å²) in [6.45, 7) is 7.40. The molecule has 34 heavy (non-hydrogen) atoms. The van der Waals surface area contributed by atoms with E-state index in [1.54, 1.807) is 0 Å². The molecule has 5 nitrogen and oxygen atoms in total. The average Bonchev–Trinajstić information content (AvgIpc) is 3.17. The summed E-state index contributed by atoms with van der Waals surface area (Å²) in [7, 11) is -0.386. The van der Waals surface area contributed by atoms with Crippen molar-refractivity contribution in [3.63, 3.8) is 0 Å². The second-order valence-corrected chi connectivity index (χ2v) is 10.9. The number of amides is 1. The van der Waals surface area contributed by atoms with Crippen LogP contribution in [-0.2, 0) is 20.5 Å². The highest BCUT2D eigenvalue weighted by Gasteiger charge is 2.68. The Balaban J connectivity index is 0.00000274. The molecule has 0 spiro atoms. The predicted octanol–water partition coefficient (Wildman–Crippen LogP) is 4.15. The highest BCUT2D eigenvalue weighted by molar-refractivity contribution is 6.47. The predicted molar refractivity (Wildman–Crippen MR) is 138 cm³/mol. The van der Waals surface area contributed by atoms with Crippen LogP contribution in [0.2, 0.25) is 0 Å². The number of hydrogen-bond acceptors (Lipinski definition) is 4. The molecule has 182 valence electrons. The molecule has 2 aromatic carbocycles. The number of halogens is 1. The van der Waals surface area contributed by atoms with E-state index in [1.165, 1.54) is 6.42 Å². The monoisotopic (exact) mass is 482 g/mol. The third-order valence-electron chi connectivity index (χ3n) is 8.66. The van der Waals surface area contributed by atoms with Gasteiger partial charge in [0.25, 0.3) is 0 Å². The van der Waals surface area contributed by atoms with Crippen LogP contribution in [0, 0.1) is 17.3 Å². The van der Waals surface area contributed by atoms with E-state index in [9.17, 15) is 4.79 Å². The van der Waals surface area contributed by atoms with Crippen LogP contribution in [0.4, 0.5) is 0 Å².